The van der Waals surface area contributed by atoms with Gasteiger partial charge in [-0.1, -0.05) is 0 Å². The van der Waals surface area contributed by atoms with Crippen LogP contribution in [0, 0.1) is 0 Å². The maximum Gasteiger partial charge on any atom is 0.136 e. The zero-order chi connectivity index (χ0) is 14.7. The van der Waals surface area contributed by atoms with E-state index in [2.05, 4.69) is 28.2 Å². The fraction of sp³-hybridized carbons (Fsp3) is 0.750. The van der Waals surface area contributed by atoms with E-state index in [1.165, 1.54) is 32.1 Å². The highest BCUT2D eigenvalue weighted by Crippen LogP contribution is 2.39. The van der Waals surface area contributed by atoms with Crippen molar-refractivity contribution >= 4 is 11.6 Å². The smallest absolute Gasteiger partial charge is 0.136 e. The van der Waals surface area contributed by atoms with E-state index in [1.54, 1.807) is 0 Å². The SMILES string of the molecule is CCNc1cc(N(CCCO)C2CCC2)nc(C2CC2)n1. The van der Waals surface area contributed by atoms with Gasteiger partial charge in [0.2, 0.25) is 0 Å². The largest absolute Gasteiger partial charge is 0.396 e. The van der Waals surface area contributed by atoms with E-state index in [-0.39, 0.29) is 6.61 Å². The van der Waals surface area contributed by atoms with Crippen LogP contribution in [-0.2, 0) is 0 Å². The molecule has 2 aliphatic carbocycles. The molecule has 0 spiro atoms. The molecule has 2 fully saturated rings. The predicted molar refractivity (Wildman–Crippen MR) is 84.9 cm³/mol. The van der Waals surface area contributed by atoms with Crippen molar-refractivity contribution < 1.29 is 5.11 Å². The Balaban J connectivity index is 1.85. The lowest BCUT2D eigenvalue weighted by Gasteiger charge is -2.38. The van der Waals surface area contributed by atoms with Crippen molar-refractivity contribution in [1.29, 1.82) is 0 Å². The second kappa shape index (κ2) is 6.60. The third-order valence-corrected chi connectivity index (χ3v) is 4.40. The van der Waals surface area contributed by atoms with Crippen LogP contribution in [0.2, 0.25) is 0 Å². The van der Waals surface area contributed by atoms with Crippen molar-refractivity contribution in [3.63, 3.8) is 0 Å². The summed E-state index contributed by atoms with van der Waals surface area (Å²) < 4.78 is 0. The van der Waals surface area contributed by atoms with Crippen LogP contribution in [0.5, 0.6) is 0 Å². The van der Waals surface area contributed by atoms with Gasteiger partial charge in [0.1, 0.15) is 17.5 Å². The van der Waals surface area contributed by atoms with Crippen LogP contribution in [0.15, 0.2) is 6.07 Å². The fourth-order valence-electron chi connectivity index (χ4n) is 2.82. The first-order valence-corrected chi connectivity index (χ1v) is 8.32. The molecule has 2 saturated carbocycles. The molecule has 1 aromatic rings. The van der Waals surface area contributed by atoms with Gasteiger partial charge in [-0.25, -0.2) is 9.97 Å². The van der Waals surface area contributed by atoms with Crippen molar-refractivity contribution in [3.8, 4) is 0 Å². The first-order valence-electron chi connectivity index (χ1n) is 8.32. The first kappa shape index (κ1) is 14.6. The standard InChI is InChI=1S/C16H26N4O/c1-2-17-14-11-15(19-16(18-14)12-7-8-12)20(9-4-10-21)13-5-3-6-13/h11-13,21H,2-10H2,1H3,(H,17,18,19). The Morgan fingerprint density at radius 1 is 1.29 bits per heavy atom. The Labute approximate surface area is 126 Å². The molecule has 0 atom stereocenters. The summed E-state index contributed by atoms with van der Waals surface area (Å²) in [5.41, 5.74) is 0. The summed E-state index contributed by atoms with van der Waals surface area (Å²) in [5, 5.41) is 12.5. The van der Waals surface area contributed by atoms with Crippen LogP contribution in [0.1, 0.15) is 57.2 Å². The molecule has 0 aliphatic heterocycles. The van der Waals surface area contributed by atoms with Crippen molar-refractivity contribution in [1.82, 2.24) is 9.97 Å². The maximum absolute atomic E-state index is 9.15. The monoisotopic (exact) mass is 290 g/mol. The molecule has 2 N–H and O–H groups in total. The quantitative estimate of drug-likeness (QED) is 0.770. The van der Waals surface area contributed by atoms with E-state index < -0.39 is 0 Å². The summed E-state index contributed by atoms with van der Waals surface area (Å²) in [6.45, 7) is 4.09. The lowest BCUT2D eigenvalue weighted by atomic mass is 9.91. The second-order valence-corrected chi connectivity index (χ2v) is 6.13. The summed E-state index contributed by atoms with van der Waals surface area (Å²) in [6.07, 6.45) is 7.02. The molecule has 0 unspecified atom stereocenters. The lowest BCUT2D eigenvalue weighted by molar-refractivity contribution is 0.282. The van der Waals surface area contributed by atoms with Gasteiger partial charge < -0.3 is 15.3 Å². The highest BCUT2D eigenvalue weighted by atomic mass is 16.3. The van der Waals surface area contributed by atoms with Crippen LogP contribution in [0.25, 0.3) is 0 Å². The molecule has 0 aromatic carbocycles. The van der Waals surface area contributed by atoms with Crippen molar-refractivity contribution in [2.45, 2.75) is 57.4 Å². The van der Waals surface area contributed by atoms with Crippen LogP contribution in [0.3, 0.4) is 0 Å². The first-order chi connectivity index (χ1) is 10.3. The Morgan fingerprint density at radius 2 is 2.10 bits per heavy atom. The molecular weight excluding hydrogens is 264 g/mol. The number of aliphatic hydroxyl groups is 1. The minimum Gasteiger partial charge on any atom is -0.396 e. The summed E-state index contributed by atoms with van der Waals surface area (Å²) >= 11 is 0. The molecule has 0 radical (unpaired) electrons. The third kappa shape index (κ3) is 3.46. The lowest BCUT2D eigenvalue weighted by Crippen LogP contribution is -2.41. The molecule has 1 aromatic heterocycles. The Morgan fingerprint density at radius 3 is 2.67 bits per heavy atom. The summed E-state index contributed by atoms with van der Waals surface area (Å²) in [5.74, 6) is 3.54. The Kier molecular flexibility index (Phi) is 4.58. The van der Waals surface area contributed by atoms with E-state index in [0.29, 0.717) is 12.0 Å². The molecule has 0 amide bonds. The Hall–Kier alpha value is -1.36. The van der Waals surface area contributed by atoms with Gasteiger partial charge in [0, 0.05) is 37.7 Å². The number of nitrogens with one attached hydrogen (secondary N) is 1. The van der Waals surface area contributed by atoms with E-state index in [4.69, 9.17) is 10.1 Å². The van der Waals surface area contributed by atoms with Crippen LogP contribution in [0.4, 0.5) is 11.6 Å². The molecule has 21 heavy (non-hydrogen) atoms. The molecule has 0 saturated heterocycles. The van der Waals surface area contributed by atoms with Gasteiger partial charge in [-0.3, -0.25) is 0 Å². The molecule has 2 aliphatic rings. The van der Waals surface area contributed by atoms with Gasteiger partial charge in [-0.05, 0) is 45.4 Å². The number of aliphatic hydroxyl groups excluding tert-OH is 1. The van der Waals surface area contributed by atoms with Crippen molar-refractivity contribution in [2.75, 3.05) is 29.9 Å². The molecule has 5 nitrogen and oxygen atoms in total. The minimum atomic E-state index is 0.240. The van der Waals surface area contributed by atoms with Gasteiger partial charge in [-0.2, -0.15) is 0 Å². The van der Waals surface area contributed by atoms with Crippen LogP contribution >= 0.6 is 0 Å². The number of aromatic nitrogens is 2. The van der Waals surface area contributed by atoms with Crippen molar-refractivity contribution in [2.24, 2.45) is 0 Å². The van der Waals surface area contributed by atoms with Gasteiger partial charge >= 0.3 is 0 Å². The number of hydrogen-bond donors (Lipinski definition) is 2. The summed E-state index contributed by atoms with van der Waals surface area (Å²) in [7, 11) is 0. The Bertz CT molecular complexity index is 471. The zero-order valence-electron chi connectivity index (χ0n) is 12.9. The van der Waals surface area contributed by atoms with Gasteiger partial charge in [0.25, 0.3) is 0 Å². The molecular formula is C16H26N4O. The van der Waals surface area contributed by atoms with Crippen LogP contribution < -0.4 is 10.2 Å². The molecule has 1 heterocycles. The van der Waals surface area contributed by atoms with Crippen LogP contribution in [-0.4, -0.2) is 40.8 Å². The summed E-state index contributed by atoms with van der Waals surface area (Å²) in [4.78, 5) is 11.9. The fourth-order valence-corrected chi connectivity index (χ4v) is 2.82. The second-order valence-electron chi connectivity index (χ2n) is 6.13. The highest BCUT2D eigenvalue weighted by Gasteiger charge is 2.30. The molecule has 5 heteroatoms. The maximum atomic E-state index is 9.15. The minimum absolute atomic E-state index is 0.240. The van der Waals surface area contributed by atoms with Gasteiger partial charge in [0.15, 0.2) is 0 Å². The average Bonchev–Trinajstić information content (AvgIpc) is 3.25. The topological polar surface area (TPSA) is 61.3 Å². The zero-order valence-corrected chi connectivity index (χ0v) is 12.9. The molecule has 0 bridgehead atoms. The number of hydrogen-bond acceptors (Lipinski definition) is 5. The van der Waals surface area contributed by atoms with E-state index in [1.807, 2.05) is 0 Å². The number of nitrogens with zero attached hydrogens (tertiary/aromatic N) is 3. The summed E-state index contributed by atoms with van der Waals surface area (Å²) in [6, 6.07) is 2.67. The third-order valence-electron chi connectivity index (χ3n) is 4.40. The molecule has 3 rings (SSSR count). The highest BCUT2D eigenvalue weighted by molar-refractivity contribution is 5.51. The number of rotatable bonds is 8. The van der Waals surface area contributed by atoms with E-state index >= 15 is 0 Å². The number of anilines is 2. The molecule has 116 valence electrons. The predicted octanol–water partition coefficient (Wildman–Crippen LogP) is 2.53. The van der Waals surface area contributed by atoms with Crippen molar-refractivity contribution in [3.05, 3.63) is 11.9 Å². The van der Waals surface area contributed by atoms with Gasteiger partial charge in [-0.15, -0.1) is 0 Å². The van der Waals surface area contributed by atoms with E-state index in [0.717, 1.165) is 37.0 Å². The average molecular weight is 290 g/mol. The normalized spacial score (nSPS) is 18.4. The van der Waals surface area contributed by atoms with Gasteiger partial charge in [0.05, 0.1) is 0 Å². The van der Waals surface area contributed by atoms with E-state index in [9.17, 15) is 0 Å².